The van der Waals surface area contributed by atoms with Crippen LogP contribution in [0.3, 0.4) is 0 Å². The maximum absolute atomic E-state index is 12.4. The highest BCUT2D eigenvalue weighted by Crippen LogP contribution is 2.31. The van der Waals surface area contributed by atoms with Gasteiger partial charge in [-0.25, -0.2) is 4.79 Å². The average molecular weight is 336 g/mol. The Hall–Kier alpha value is -1.28. The number of aliphatic hydroxyl groups is 1. The lowest BCUT2D eigenvalue weighted by Gasteiger charge is -2.34. The van der Waals surface area contributed by atoms with E-state index in [1.165, 1.54) is 9.78 Å². The van der Waals surface area contributed by atoms with Gasteiger partial charge in [0, 0.05) is 24.5 Å². The molecule has 0 aliphatic carbocycles. The third kappa shape index (κ3) is 4.61. The fourth-order valence-electron chi connectivity index (χ4n) is 2.54. The van der Waals surface area contributed by atoms with Crippen molar-refractivity contribution in [3.05, 3.63) is 22.4 Å². The monoisotopic (exact) mass is 336 g/mol. The first kappa shape index (κ1) is 17.1. The zero-order valence-electron chi connectivity index (χ0n) is 12.0. The van der Waals surface area contributed by atoms with Crippen LogP contribution in [0.15, 0.2) is 17.5 Å². The van der Waals surface area contributed by atoms with E-state index in [-0.39, 0.29) is 32.0 Å². The fourth-order valence-corrected chi connectivity index (χ4v) is 3.25. The number of nitrogens with zero attached hydrogens (tertiary/aromatic N) is 1. The molecule has 22 heavy (non-hydrogen) atoms. The fraction of sp³-hybridized carbons (Fsp3) is 0.643. The standard InChI is InChI=1S/C14H19F3N2O2S/c15-14(16,17)12(20)10-4-7-19(8-5-10)13(21)18-6-3-11-2-1-9-22-11/h1-2,9-10,12,20H,3-8H2,(H,18,21)/t12-/m0/s1. The van der Waals surface area contributed by atoms with Crippen molar-refractivity contribution in [1.82, 2.24) is 10.2 Å². The number of carbonyl (C=O) groups is 1. The van der Waals surface area contributed by atoms with Crippen molar-refractivity contribution in [3.63, 3.8) is 0 Å². The molecule has 1 aromatic heterocycles. The van der Waals surface area contributed by atoms with Crippen molar-refractivity contribution in [2.24, 2.45) is 5.92 Å². The summed E-state index contributed by atoms with van der Waals surface area (Å²) in [5.74, 6) is -0.824. The molecule has 1 aromatic rings. The largest absolute Gasteiger partial charge is 0.414 e. The Morgan fingerprint density at radius 3 is 2.68 bits per heavy atom. The third-order valence-electron chi connectivity index (χ3n) is 3.84. The molecule has 0 aromatic carbocycles. The van der Waals surface area contributed by atoms with Gasteiger partial charge >= 0.3 is 12.2 Å². The van der Waals surface area contributed by atoms with Crippen LogP contribution in [0.25, 0.3) is 0 Å². The summed E-state index contributed by atoms with van der Waals surface area (Å²) in [6.45, 7) is 0.982. The lowest BCUT2D eigenvalue weighted by atomic mass is 9.91. The molecular formula is C14H19F3N2O2S. The first-order chi connectivity index (χ1) is 10.4. The van der Waals surface area contributed by atoms with Crippen LogP contribution >= 0.6 is 11.3 Å². The molecule has 2 amide bonds. The van der Waals surface area contributed by atoms with E-state index in [9.17, 15) is 23.1 Å². The number of alkyl halides is 3. The van der Waals surface area contributed by atoms with Crippen molar-refractivity contribution < 1.29 is 23.1 Å². The molecule has 1 aliphatic heterocycles. The Balaban J connectivity index is 1.70. The zero-order valence-corrected chi connectivity index (χ0v) is 12.8. The summed E-state index contributed by atoms with van der Waals surface area (Å²) in [4.78, 5) is 14.6. The number of halogens is 3. The Morgan fingerprint density at radius 2 is 2.14 bits per heavy atom. The number of aliphatic hydroxyl groups excluding tert-OH is 1. The van der Waals surface area contributed by atoms with E-state index in [0.717, 1.165) is 6.42 Å². The first-order valence-corrected chi connectivity index (χ1v) is 8.06. The number of nitrogens with one attached hydrogen (secondary N) is 1. The number of likely N-dealkylation sites (tertiary alicyclic amines) is 1. The van der Waals surface area contributed by atoms with Gasteiger partial charge in [-0.3, -0.25) is 0 Å². The van der Waals surface area contributed by atoms with Crippen LogP contribution < -0.4 is 5.32 Å². The van der Waals surface area contributed by atoms with Crippen molar-refractivity contribution in [1.29, 1.82) is 0 Å². The quantitative estimate of drug-likeness (QED) is 0.888. The minimum atomic E-state index is -4.59. The summed E-state index contributed by atoms with van der Waals surface area (Å²) in [6, 6.07) is 3.68. The van der Waals surface area contributed by atoms with Gasteiger partial charge in [-0.15, -0.1) is 11.3 Å². The molecule has 0 unspecified atom stereocenters. The predicted octanol–water partition coefficient (Wildman–Crippen LogP) is 2.64. The number of amides is 2. The van der Waals surface area contributed by atoms with Gasteiger partial charge in [-0.1, -0.05) is 6.07 Å². The van der Waals surface area contributed by atoms with Gasteiger partial charge < -0.3 is 15.3 Å². The number of carbonyl (C=O) groups excluding carboxylic acids is 1. The van der Waals surface area contributed by atoms with Crippen LogP contribution in [-0.2, 0) is 6.42 Å². The van der Waals surface area contributed by atoms with Gasteiger partial charge in [0.25, 0.3) is 0 Å². The second-order valence-electron chi connectivity index (χ2n) is 5.37. The average Bonchev–Trinajstić information content (AvgIpc) is 2.99. The lowest BCUT2D eigenvalue weighted by molar-refractivity contribution is -0.222. The van der Waals surface area contributed by atoms with E-state index in [2.05, 4.69) is 5.32 Å². The summed E-state index contributed by atoms with van der Waals surface area (Å²) < 4.78 is 37.3. The molecule has 4 nitrogen and oxygen atoms in total. The maximum atomic E-state index is 12.4. The minimum Gasteiger partial charge on any atom is -0.383 e. The molecule has 1 aliphatic rings. The van der Waals surface area contributed by atoms with Gasteiger partial charge in [0.1, 0.15) is 0 Å². The summed E-state index contributed by atoms with van der Waals surface area (Å²) in [5, 5.41) is 14.0. The molecule has 1 fully saturated rings. The van der Waals surface area contributed by atoms with Crippen LogP contribution in [0.4, 0.5) is 18.0 Å². The van der Waals surface area contributed by atoms with Crippen molar-refractivity contribution in [3.8, 4) is 0 Å². The Labute approximate surface area is 130 Å². The maximum Gasteiger partial charge on any atom is 0.414 e. The summed E-state index contributed by atoms with van der Waals surface area (Å²) in [6.07, 6.45) is -5.81. The second-order valence-corrected chi connectivity index (χ2v) is 6.40. The molecule has 0 radical (unpaired) electrons. The van der Waals surface area contributed by atoms with Crippen molar-refractivity contribution >= 4 is 17.4 Å². The highest BCUT2D eigenvalue weighted by molar-refractivity contribution is 7.09. The third-order valence-corrected chi connectivity index (χ3v) is 4.77. The van der Waals surface area contributed by atoms with Gasteiger partial charge in [0.15, 0.2) is 6.10 Å². The van der Waals surface area contributed by atoms with E-state index in [1.54, 1.807) is 11.3 Å². The molecule has 0 spiro atoms. The molecule has 2 heterocycles. The van der Waals surface area contributed by atoms with Gasteiger partial charge in [0.2, 0.25) is 0 Å². The Morgan fingerprint density at radius 1 is 1.45 bits per heavy atom. The molecular weight excluding hydrogens is 317 g/mol. The SMILES string of the molecule is O=C(NCCc1cccs1)N1CCC([C@H](O)C(F)(F)F)CC1. The highest BCUT2D eigenvalue weighted by atomic mass is 32.1. The molecule has 8 heteroatoms. The van der Waals surface area contributed by atoms with E-state index < -0.39 is 18.2 Å². The topological polar surface area (TPSA) is 52.6 Å². The zero-order chi connectivity index (χ0) is 16.2. The molecule has 2 N–H and O–H groups in total. The van der Waals surface area contributed by atoms with Crippen LogP contribution in [-0.4, -0.2) is 48.0 Å². The number of hydrogen-bond donors (Lipinski definition) is 2. The molecule has 1 atom stereocenters. The number of thiophene rings is 1. The van der Waals surface area contributed by atoms with E-state index in [0.29, 0.717) is 6.54 Å². The molecule has 2 rings (SSSR count). The predicted molar refractivity (Wildman–Crippen MR) is 77.8 cm³/mol. The van der Waals surface area contributed by atoms with Gasteiger partial charge in [-0.05, 0) is 36.6 Å². The van der Waals surface area contributed by atoms with E-state index in [1.807, 2.05) is 17.5 Å². The highest BCUT2D eigenvalue weighted by Gasteiger charge is 2.44. The number of hydrogen-bond acceptors (Lipinski definition) is 3. The lowest BCUT2D eigenvalue weighted by Crippen LogP contribution is -2.48. The smallest absolute Gasteiger partial charge is 0.383 e. The van der Waals surface area contributed by atoms with Crippen LogP contribution in [0.2, 0.25) is 0 Å². The van der Waals surface area contributed by atoms with Crippen LogP contribution in [0.5, 0.6) is 0 Å². The molecule has 0 bridgehead atoms. The van der Waals surface area contributed by atoms with E-state index in [4.69, 9.17) is 0 Å². The number of urea groups is 1. The number of piperidine rings is 1. The van der Waals surface area contributed by atoms with Crippen molar-refractivity contribution in [2.45, 2.75) is 31.5 Å². The Bertz CT molecular complexity index is 471. The van der Waals surface area contributed by atoms with Crippen LogP contribution in [0, 0.1) is 5.92 Å². The Kier molecular flexibility index (Phi) is 5.69. The normalized spacial score (nSPS) is 18.3. The summed E-state index contributed by atoms with van der Waals surface area (Å²) >= 11 is 1.62. The van der Waals surface area contributed by atoms with E-state index >= 15 is 0 Å². The van der Waals surface area contributed by atoms with Gasteiger partial charge in [-0.2, -0.15) is 13.2 Å². The first-order valence-electron chi connectivity index (χ1n) is 7.18. The summed E-state index contributed by atoms with van der Waals surface area (Å²) in [5.41, 5.74) is 0. The van der Waals surface area contributed by atoms with Crippen LogP contribution in [0.1, 0.15) is 17.7 Å². The molecule has 124 valence electrons. The number of rotatable bonds is 4. The van der Waals surface area contributed by atoms with Gasteiger partial charge in [0.05, 0.1) is 0 Å². The summed E-state index contributed by atoms with van der Waals surface area (Å²) in [7, 11) is 0. The second kappa shape index (κ2) is 7.32. The molecule has 1 saturated heterocycles. The minimum absolute atomic E-state index is 0.166. The molecule has 0 saturated carbocycles. The van der Waals surface area contributed by atoms with Crippen molar-refractivity contribution in [2.75, 3.05) is 19.6 Å².